The van der Waals surface area contributed by atoms with Crippen molar-refractivity contribution in [3.63, 3.8) is 0 Å². The van der Waals surface area contributed by atoms with Crippen LogP contribution in [0.3, 0.4) is 0 Å². The van der Waals surface area contributed by atoms with Gasteiger partial charge in [-0.05, 0) is 6.42 Å². The molecule has 0 fully saturated rings. The Hall–Kier alpha value is -1.46. The van der Waals surface area contributed by atoms with Gasteiger partial charge in [-0.15, -0.1) is 0 Å². The summed E-state index contributed by atoms with van der Waals surface area (Å²) in [5, 5.41) is 10.4. The monoisotopic (exact) mass is 205 g/mol. The molecule has 0 amide bonds. The maximum Gasteiger partial charge on any atom is 0.112 e. The highest BCUT2D eigenvalue weighted by molar-refractivity contribution is 5.74. The van der Waals surface area contributed by atoms with Gasteiger partial charge in [-0.1, -0.05) is 25.2 Å². The van der Waals surface area contributed by atoms with Crippen LogP contribution in [-0.4, -0.2) is 27.0 Å². The predicted octanol–water partition coefficient (Wildman–Crippen LogP) is 0.193. The number of allylic oxidation sites excluding steroid dienone is 2. The van der Waals surface area contributed by atoms with Gasteiger partial charge < -0.3 is 11.5 Å². The van der Waals surface area contributed by atoms with Crippen molar-refractivity contribution < 1.29 is 0 Å². The van der Waals surface area contributed by atoms with Crippen LogP contribution in [0.5, 0.6) is 0 Å². The summed E-state index contributed by atoms with van der Waals surface area (Å²) in [7, 11) is 0. The molecule has 1 heterocycles. The van der Waals surface area contributed by atoms with Crippen molar-refractivity contribution in [1.82, 2.24) is 15.4 Å². The molecule has 1 aromatic rings. The lowest BCUT2D eigenvalue weighted by Crippen LogP contribution is -2.53. The van der Waals surface area contributed by atoms with Crippen LogP contribution in [-0.2, 0) is 0 Å². The molecule has 0 bridgehead atoms. The van der Waals surface area contributed by atoms with Crippen molar-refractivity contribution in [2.24, 2.45) is 11.5 Å². The average molecular weight is 205 g/mol. The minimum absolute atomic E-state index is 0.141. The minimum atomic E-state index is -0.483. The van der Waals surface area contributed by atoms with Gasteiger partial charge in [0, 0.05) is 11.6 Å². The van der Waals surface area contributed by atoms with E-state index in [2.05, 4.69) is 15.4 Å². The summed E-state index contributed by atoms with van der Waals surface area (Å²) in [6.07, 6.45) is 8.27. The second-order valence-electron chi connectivity index (χ2n) is 3.81. The number of aromatic nitrogens is 3. The molecule has 2 unspecified atom stereocenters. The Labute approximate surface area is 88.2 Å². The molecular weight excluding hydrogens is 190 g/mol. The molecule has 5 nitrogen and oxygen atoms in total. The smallest absolute Gasteiger partial charge is 0.112 e. The molecule has 2 rings (SSSR count). The van der Waals surface area contributed by atoms with E-state index in [4.69, 9.17) is 11.5 Å². The molecule has 1 aromatic heterocycles. The van der Waals surface area contributed by atoms with E-state index in [1.807, 2.05) is 25.2 Å². The van der Waals surface area contributed by atoms with Crippen molar-refractivity contribution in [2.45, 2.75) is 24.9 Å². The van der Waals surface area contributed by atoms with E-state index in [9.17, 15) is 0 Å². The first-order valence-electron chi connectivity index (χ1n) is 4.97. The fraction of sp³-hybridized carbons (Fsp3) is 0.400. The number of nitrogens with zero attached hydrogens (tertiary/aromatic N) is 2. The van der Waals surface area contributed by atoms with Gasteiger partial charge in [0.25, 0.3) is 0 Å². The predicted molar refractivity (Wildman–Crippen MR) is 58.7 cm³/mol. The molecule has 0 spiro atoms. The van der Waals surface area contributed by atoms with E-state index in [0.717, 1.165) is 17.7 Å². The molecule has 80 valence electrons. The van der Waals surface area contributed by atoms with Crippen molar-refractivity contribution in [3.05, 3.63) is 30.1 Å². The molecule has 1 aliphatic rings. The number of hydrogen-bond acceptors (Lipinski definition) is 4. The molecule has 1 aliphatic carbocycles. The van der Waals surface area contributed by atoms with Gasteiger partial charge in [0.1, 0.15) is 5.69 Å². The van der Waals surface area contributed by atoms with Crippen LogP contribution < -0.4 is 11.5 Å². The molecule has 5 N–H and O–H groups in total. The van der Waals surface area contributed by atoms with E-state index in [1.165, 1.54) is 0 Å². The zero-order valence-corrected chi connectivity index (χ0v) is 8.64. The van der Waals surface area contributed by atoms with Crippen LogP contribution in [0.2, 0.25) is 0 Å². The Morgan fingerprint density at radius 2 is 2.40 bits per heavy atom. The van der Waals surface area contributed by atoms with Crippen LogP contribution in [0.4, 0.5) is 0 Å². The van der Waals surface area contributed by atoms with Crippen LogP contribution in [0.25, 0.3) is 5.57 Å². The number of nitrogens with one attached hydrogen (secondary N) is 1. The van der Waals surface area contributed by atoms with E-state index in [0.29, 0.717) is 0 Å². The Morgan fingerprint density at radius 1 is 1.60 bits per heavy atom. The zero-order chi connectivity index (χ0) is 10.9. The number of rotatable bonds is 2. The number of H-pyrrole nitrogens is 1. The third-order valence-corrected chi connectivity index (χ3v) is 2.85. The highest BCUT2D eigenvalue weighted by Crippen LogP contribution is 2.25. The molecule has 0 aromatic carbocycles. The van der Waals surface area contributed by atoms with E-state index >= 15 is 0 Å². The van der Waals surface area contributed by atoms with Crippen molar-refractivity contribution in [3.8, 4) is 0 Å². The second-order valence-corrected chi connectivity index (χ2v) is 3.81. The fourth-order valence-corrected chi connectivity index (χ4v) is 1.66. The van der Waals surface area contributed by atoms with Gasteiger partial charge in [0.15, 0.2) is 0 Å². The maximum absolute atomic E-state index is 6.19. The van der Waals surface area contributed by atoms with E-state index in [-0.39, 0.29) is 6.04 Å². The highest BCUT2D eigenvalue weighted by Gasteiger charge is 2.29. The highest BCUT2D eigenvalue weighted by atomic mass is 15.3. The van der Waals surface area contributed by atoms with Gasteiger partial charge in [-0.3, -0.25) is 0 Å². The fourth-order valence-electron chi connectivity index (χ4n) is 1.66. The number of hydrogen-bond donors (Lipinski definition) is 3. The van der Waals surface area contributed by atoms with E-state index in [1.54, 1.807) is 6.20 Å². The van der Waals surface area contributed by atoms with Crippen LogP contribution in [0.15, 0.2) is 24.4 Å². The first-order valence-corrected chi connectivity index (χ1v) is 4.97. The maximum atomic E-state index is 6.19. The minimum Gasteiger partial charge on any atom is -0.323 e. The Kier molecular flexibility index (Phi) is 2.42. The summed E-state index contributed by atoms with van der Waals surface area (Å²) in [6, 6.07) is -0.141. The molecule has 15 heavy (non-hydrogen) atoms. The summed E-state index contributed by atoms with van der Waals surface area (Å²) in [4.78, 5) is 0. The van der Waals surface area contributed by atoms with Crippen LogP contribution >= 0.6 is 0 Å². The topological polar surface area (TPSA) is 93.6 Å². The second kappa shape index (κ2) is 3.60. The molecule has 5 heteroatoms. The van der Waals surface area contributed by atoms with Crippen LogP contribution in [0.1, 0.15) is 19.0 Å². The van der Waals surface area contributed by atoms with Gasteiger partial charge in [-0.25, -0.2) is 0 Å². The summed E-state index contributed by atoms with van der Waals surface area (Å²) in [6.45, 7) is 2.02. The average Bonchev–Trinajstić information content (AvgIpc) is 2.75. The standard InChI is InChI=1S/C10H15N5/c1-2-10(12)5-7(3-4-9(10)11)8-6-13-15-14-8/h3-6,9H,2,11-12H2,1H3,(H,13,14,15). The molecule has 0 radical (unpaired) electrons. The number of nitrogens with two attached hydrogens (primary N) is 2. The largest absolute Gasteiger partial charge is 0.323 e. The molecule has 0 saturated heterocycles. The summed E-state index contributed by atoms with van der Waals surface area (Å²) < 4.78 is 0. The van der Waals surface area contributed by atoms with E-state index < -0.39 is 5.54 Å². The molecule has 0 saturated carbocycles. The van der Waals surface area contributed by atoms with Gasteiger partial charge in [0.2, 0.25) is 0 Å². The Balaban J connectivity index is 2.36. The van der Waals surface area contributed by atoms with Gasteiger partial charge in [0.05, 0.1) is 11.7 Å². The molecular formula is C10H15N5. The Morgan fingerprint density at radius 3 is 3.00 bits per heavy atom. The third kappa shape index (κ3) is 1.71. The summed E-state index contributed by atoms with van der Waals surface area (Å²) in [5.74, 6) is 0. The van der Waals surface area contributed by atoms with Crippen molar-refractivity contribution in [2.75, 3.05) is 0 Å². The summed E-state index contributed by atoms with van der Waals surface area (Å²) >= 11 is 0. The number of aromatic amines is 1. The SMILES string of the molecule is CCC1(N)C=C(c2cn[nH]n2)C=CC1N. The lowest BCUT2D eigenvalue weighted by atomic mass is 9.82. The lowest BCUT2D eigenvalue weighted by Gasteiger charge is -2.32. The third-order valence-electron chi connectivity index (χ3n) is 2.85. The normalized spacial score (nSPS) is 30.3. The van der Waals surface area contributed by atoms with Crippen molar-refractivity contribution >= 4 is 5.57 Å². The lowest BCUT2D eigenvalue weighted by molar-refractivity contribution is 0.456. The molecule has 0 aliphatic heterocycles. The van der Waals surface area contributed by atoms with Gasteiger partial charge in [-0.2, -0.15) is 15.4 Å². The quantitative estimate of drug-likeness (QED) is 0.642. The first-order chi connectivity index (χ1) is 7.15. The van der Waals surface area contributed by atoms with Crippen LogP contribution in [0, 0.1) is 0 Å². The zero-order valence-electron chi connectivity index (χ0n) is 8.64. The van der Waals surface area contributed by atoms with Gasteiger partial charge >= 0.3 is 0 Å². The Bertz CT molecular complexity index is 392. The first kappa shape index (κ1) is 10.1. The van der Waals surface area contributed by atoms with Crippen molar-refractivity contribution in [1.29, 1.82) is 0 Å². The molecule has 2 atom stereocenters. The summed E-state index contributed by atoms with van der Waals surface area (Å²) in [5.41, 5.74) is 13.4.